The van der Waals surface area contributed by atoms with Crippen LogP contribution in [0.3, 0.4) is 0 Å². The lowest BCUT2D eigenvalue weighted by atomic mass is 9.99. The van der Waals surface area contributed by atoms with Crippen molar-refractivity contribution in [2.45, 2.75) is 38.8 Å². The molecular formula is C16H21N3O3. The van der Waals surface area contributed by atoms with Crippen molar-refractivity contribution in [3.05, 3.63) is 35.9 Å². The van der Waals surface area contributed by atoms with E-state index in [4.69, 9.17) is 0 Å². The van der Waals surface area contributed by atoms with Gasteiger partial charge in [0.05, 0.1) is 6.04 Å². The fraction of sp³-hybridized carbons (Fsp3) is 0.438. The number of amides is 4. The molecule has 6 nitrogen and oxygen atoms in total. The molecule has 4 amide bonds. The first-order valence-electron chi connectivity index (χ1n) is 7.36. The Hall–Kier alpha value is -2.37. The smallest absolute Gasteiger partial charge is 0.325 e. The molecule has 1 aliphatic rings. The van der Waals surface area contributed by atoms with E-state index in [0.717, 1.165) is 10.5 Å². The summed E-state index contributed by atoms with van der Waals surface area (Å²) in [5, 5.41) is 5.42. The largest absolute Gasteiger partial charge is 0.348 e. The Morgan fingerprint density at radius 1 is 1.32 bits per heavy atom. The first kappa shape index (κ1) is 16.0. The normalized spacial score (nSPS) is 22.4. The number of nitrogens with zero attached hydrogens (tertiary/aromatic N) is 1. The number of benzene rings is 1. The first-order valence-corrected chi connectivity index (χ1v) is 7.36. The average Bonchev–Trinajstić information content (AvgIpc) is 2.72. The standard InChI is InChI=1S/C16H21N3O3/c1-4-16(3)14(21)19(15(22)18-16)10-13(20)17-11(2)12-8-6-5-7-9-12/h5-9,11H,4,10H2,1-3H3,(H,17,20)(H,18,22)/t11-,16+/m0/s1. The number of carbonyl (C=O) groups is 3. The third kappa shape index (κ3) is 3.10. The maximum Gasteiger partial charge on any atom is 0.325 e. The van der Waals surface area contributed by atoms with Gasteiger partial charge < -0.3 is 10.6 Å². The van der Waals surface area contributed by atoms with Crippen LogP contribution in [0.4, 0.5) is 4.79 Å². The molecular weight excluding hydrogens is 282 g/mol. The highest BCUT2D eigenvalue weighted by Gasteiger charge is 2.46. The van der Waals surface area contributed by atoms with Gasteiger partial charge in [0.25, 0.3) is 5.91 Å². The van der Waals surface area contributed by atoms with Crippen LogP contribution in [0.2, 0.25) is 0 Å². The molecule has 0 unspecified atom stereocenters. The van der Waals surface area contributed by atoms with Gasteiger partial charge in [0.2, 0.25) is 5.91 Å². The molecule has 0 aliphatic carbocycles. The number of urea groups is 1. The van der Waals surface area contributed by atoms with E-state index in [1.54, 1.807) is 6.92 Å². The molecule has 1 fully saturated rings. The van der Waals surface area contributed by atoms with E-state index in [1.807, 2.05) is 44.2 Å². The Labute approximate surface area is 129 Å². The van der Waals surface area contributed by atoms with Crippen LogP contribution >= 0.6 is 0 Å². The van der Waals surface area contributed by atoms with Gasteiger partial charge in [-0.15, -0.1) is 0 Å². The number of nitrogens with one attached hydrogen (secondary N) is 2. The second kappa shape index (κ2) is 6.17. The van der Waals surface area contributed by atoms with Crippen molar-refractivity contribution >= 4 is 17.8 Å². The van der Waals surface area contributed by atoms with Gasteiger partial charge in [0.15, 0.2) is 0 Å². The van der Waals surface area contributed by atoms with E-state index in [-0.39, 0.29) is 24.4 Å². The summed E-state index contributed by atoms with van der Waals surface area (Å²) in [4.78, 5) is 37.1. The molecule has 22 heavy (non-hydrogen) atoms. The predicted molar refractivity (Wildman–Crippen MR) is 81.9 cm³/mol. The molecule has 0 spiro atoms. The monoisotopic (exact) mass is 303 g/mol. The molecule has 0 aromatic heterocycles. The van der Waals surface area contributed by atoms with Crippen molar-refractivity contribution in [1.29, 1.82) is 0 Å². The summed E-state index contributed by atoms with van der Waals surface area (Å²) in [5.41, 5.74) is 0.0500. The van der Waals surface area contributed by atoms with Crippen LogP contribution in [-0.2, 0) is 9.59 Å². The molecule has 2 rings (SSSR count). The third-order valence-electron chi connectivity index (χ3n) is 4.03. The molecule has 0 bridgehead atoms. The molecule has 2 atom stereocenters. The molecule has 1 saturated heterocycles. The molecule has 1 aliphatic heterocycles. The minimum atomic E-state index is -0.914. The second-order valence-corrected chi connectivity index (χ2v) is 5.71. The third-order valence-corrected chi connectivity index (χ3v) is 4.03. The van der Waals surface area contributed by atoms with Crippen molar-refractivity contribution in [3.63, 3.8) is 0 Å². The highest BCUT2D eigenvalue weighted by Crippen LogP contribution is 2.20. The fourth-order valence-corrected chi connectivity index (χ4v) is 2.39. The lowest BCUT2D eigenvalue weighted by Crippen LogP contribution is -2.44. The molecule has 2 N–H and O–H groups in total. The Bertz CT molecular complexity index is 588. The fourth-order valence-electron chi connectivity index (χ4n) is 2.39. The number of hydrogen-bond donors (Lipinski definition) is 2. The van der Waals surface area contributed by atoms with E-state index in [1.165, 1.54) is 0 Å². The zero-order valence-corrected chi connectivity index (χ0v) is 13.1. The first-order chi connectivity index (χ1) is 10.4. The van der Waals surface area contributed by atoms with Crippen molar-refractivity contribution in [1.82, 2.24) is 15.5 Å². The highest BCUT2D eigenvalue weighted by atomic mass is 16.2. The van der Waals surface area contributed by atoms with Crippen LogP contribution in [0.25, 0.3) is 0 Å². The van der Waals surface area contributed by atoms with E-state index in [0.29, 0.717) is 6.42 Å². The zero-order valence-electron chi connectivity index (χ0n) is 13.1. The van der Waals surface area contributed by atoms with E-state index in [9.17, 15) is 14.4 Å². The van der Waals surface area contributed by atoms with Gasteiger partial charge in [-0.25, -0.2) is 4.79 Å². The maximum atomic E-state index is 12.2. The quantitative estimate of drug-likeness (QED) is 0.811. The van der Waals surface area contributed by atoms with Crippen molar-refractivity contribution in [2.24, 2.45) is 0 Å². The van der Waals surface area contributed by atoms with Gasteiger partial charge in [-0.1, -0.05) is 37.3 Å². The molecule has 0 saturated carbocycles. The van der Waals surface area contributed by atoms with Gasteiger partial charge in [0.1, 0.15) is 12.1 Å². The van der Waals surface area contributed by atoms with E-state index >= 15 is 0 Å². The molecule has 1 aromatic rings. The molecule has 1 aromatic carbocycles. The van der Waals surface area contributed by atoms with Gasteiger partial charge in [-0.05, 0) is 25.8 Å². The lowest BCUT2D eigenvalue weighted by Gasteiger charge is -2.20. The lowest BCUT2D eigenvalue weighted by molar-refractivity contribution is -0.134. The number of carbonyl (C=O) groups excluding carboxylic acids is 3. The SMILES string of the molecule is CC[C@@]1(C)NC(=O)N(CC(=O)N[C@@H](C)c2ccccc2)C1=O. The second-order valence-electron chi connectivity index (χ2n) is 5.71. The highest BCUT2D eigenvalue weighted by molar-refractivity contribution is 6.08. The van der Waals surface area contributed by atoms with Gasteiger partial charge in [0, 0.05) is 0 Å². The van der Waals surface area contributed by atoms with Gasteiger partial charge >= 0.3 is 6.03 Å². The molecule has 6 heteroatoms. The van der Waals surface area contributed by atoms with E-state index in [2.05, 4.69) is 10.6 Å². The Balaban J connectivity index is 1.98. The van der Waals surface area contributed by atoms with Crippen LogP contribution in [-0.4, -0.2) is 34.8 Å². The average molecular weight is 303 g/mol. The molecule has 0 radical (unpaired) electrons. The summed E-state index contributed by atoms with van der Waals surface area (Å²) >= 11 is 0. The Kier molecular flexibility index (Phi) is 4.49. The topological polar surface area (TPSA) is 78.5 Å². The van der Waals surface area contributed by atoms with Crippen molar-refractivity contribution in [2.75, 3.05) is 6.54 Å². The van der Waals surface area contributed by atoms with E-state index < -0.39 is 11.6 Å². The summed E-state index contributed by atoms with van der Waals surface area (Å²) in [6.07, 6.45) is 0.482. The van der Waals surface area contributed by atoms with Crippen molar-refractivity contribution < 1.29 is 14.4 Å². The maximum absolute atomic E-state index is 12.2. The summed E-state index contributed by atoms with van der Waals surface area (Å²) < 4.78 is 0. The molecule has 118 valence electrons. The van der Waals surface area contributed by atoms with Crippen LogP contribution in [0.1, 0.15) is 38.8 Å². The summed E-state index contributed by atoms with van der Waals surface area (Å²) in [6, 6.07) is 8.80. The van der Waals surface area contributed by atoms with Crippen LogP contribution in [0.15, 0.2) is 30.3 Å². The summed E-state index contributed by atoms with van der Waals surface area (Å²) in [5.74, 6) is -0.720. The predicted octanol–water partition coefficient (Wildman–Crippen LogP) is 1.58. The zero-order chi connectivity index (χ0) is 16.3. The number of hydrogen-bond acceptors (Lipinski definition) is 3. The van der Waals surface area contributed by atoms with Gasteiger partial charge in [-0.2, -0.15) is 0 Å². The van der Waals surface area contributed by atoms with Crippen LogP contribution in [0.5, 0.6) is 0 Å². The van der Waals surface area contributed by atoms with Crippen LogP contribution < -0.4 is 10.6 Å². The van der Waals surface area contributed by atoms with Crippen LogP contribution in [0, 0.1) is 0 Å². The van der Waals surface area contributed by atoms with Crippen molar-refractivity contribution in [3.8, 4) is 0 Å². The molecule has 1 heterocycles. The Morgan fingerprint density at radius 2 is 1.95 bits per heavy atom. The van der Waals surface area contributed by atoms with Gasteiger partial charge in [-0.3, -0.25) is 14.5 Å². The minimum absolute atomic E-state index is 0.188. The summed E-state index contributed by atoms with van der Waals surface area (Å²) in [6.45, 7) is 5.07. The number of rotatable bonds is 5. The Morgan fingerprint density at radius 3 is 2.50 bits per heavy atom. The number of imide groups is 1. The minimum Gasteiger partial charge on any atom is -0.348 e. The summed E-state index contributed by atoms with van der Waals surface area (Å²) in [7, 11) is 0.